The van der Waals surface area contributed by atoms with E-state index in [0.717, 1.165) is 23.2 Å². The summed E-state index contributed by atoms with van der Waals surface area (Å²) in [4.78, 5) is 25.4. The summed E-state index contributed by atoms with van der Waals surface area (Å²) in [5.41, 5.74) is 8.70. The number of rotatable bonds is 4. The molecule has 1 amide bonds. The lowest BCUT2D eigenvalue weighted by molar-refractivity contribution is -0.118. The Morgan fingerprint density at radius 2 is 1.93 bits per heavy atom. The first-order chi connectivity index (χ1) is 14.2. The molecule has 2 fully saturated rings. The highest BCUT2D eigenvalue weighted by molar-refractivity contribution is 6.05. The topological polar surface area (TPSA) is 84.6 Å². The summed E-state index contributed by atoms with van der Waals surface area (Å²) in [6, 6.07) is 17.7. The number of aromatic nitrogens is 2. The van der Waals surface area contributed by atoms with Gasteiger partial charge in [-0.2, -0.15) is 4.98 Å². The van der Waals surface area contributed by atoms with E-state index in [1.165, 1.54) is 0 Å². The molecule has 0 unspecified atom stereocenters. The molecule has 29 heavy (non-hydrogen) atoms. The smallest absolute Gasteiger partial charge is 0.250 e. The Morgan fingerprint density at radius 1 is 1.10 bits per heavy atom. The highest BCUT2D eigenvalue weighted by atomic mass is 16.5. The summed E-state index contributed by atoms with van der Waals surface area (Å²) in [6.07, 6.45) is 2.37. The third-order valence-electron chi connectivity index (χ3n) is 5.67. The zero-order valence-electron chi connectivity index (χ0n) is 16.0. The highest BCUT2D eigenvalue weighted by Crippen LogP contribution is 2.42. The standard InChI is InChI=1S/C22H21N5O2/c1-29-19-8-7-15(14-5-3-2-4-6-14)11-17(19)27-16-12-18(21(27)28)26(13-16)20-9-10-24-22(23)25-20/h2-11,16,18H,12-13H2,1H3,(H2,23,24,25)/t16-,18-/m0/s1. The van der Waals surface area contributed by atoms with Gasteiger partial charge in [0.1, 0.15) is 17.6 Å². The quantitative estimate of drug-likeness (QED) is 0.741. The average molecular weight is 387 g/mol. The fourth-order valence-electron chi connectivity index (χ4n) is 4.36. The Labute approximate surface area is 168 Å². The summed E-state index contributed by atoms with van der Waals surface area (Å²) in [7, 11) is 1.63. The Kier molecular flexibility index (Phi) is 4.08. The van der Waals surface area contributed by atoms with Gasteiger partial charge >= 0.3 is 0 Å². The van der Waals surface area contributed by atoms with Crippen LogP contribution in [0.25, 0.3) is 11.1 Å². The number of benzene rings is 2. The lowest BCUT2D eigenvalue weighted by Gasteiger charge is -2.35. The van der Waals surface area contributed by atoms with Crippen LogP contribution in [0, 0.1) is 0 Å². The predicted molar refractivity (Wildman–Crippen MR) is 112 cm³/mol. The number of nitrogens with two attached hydrogens (primary N) is 1. The first-order valence-corrected chi connectivity index (χ1v) is 9.57. The number of ether oxygens (including phenoxy) is 1. The molecule has 3 heterocycles. The minimum Gasteiger partial charge on any atom is -0.495 e. The number of hydrogen-bond donors (Lipinski definition) is 1. The summed E-state index contributed by atoms with van der Waals surface area (Å²) < 4.78 is 5.59. The molecular weight excluding hydrogens is 366 g/mol. The van der Waals surface area contributed by atoms with E-state index < -0.39 is 0 Å². The van der Waals surface area contributed by atoms with Crippen LogP contribution in [0.5, 0.6) is 5.75 Å². The zero-order chi connectivity index (χ0) is 20.0. The maximum atomic E-state index is 13.3. The molecule has 2 aliphatic rings. The van der Waals surface area contributed by atoms with E-state index in [1.807, 2.05) is 46.2 Å². The molecular formula is C22H21N5O2. The van der Waals surface area contributed by atoms with Crippen LogP contribution < -0.4 is 20.3 Å². The average Bonchev–Trinajstić information content (AvgIpc) is 3.32. The van der Waals surface area contributed by atoms with Crippen molar-refractivity contribution >= 4 is 23.4 Å². The number of amides is 1. The number of carbonyl (C=O) groups is 1. The van der Waals surface area contributed by atoms with Gasteiger partial charge in [0.15, 0.2) is 0 Å². The SMILES string of the molecule is COc1ccc(-c2ccccc2)cc1N1C(=O)[C@@H]2C[C@H]1CN2c1ccnc(N)n1. The number of nitrogen functional groups attached to an aromatic ring is 1. The lowest BCUT2D eigenvalue weighted by Crippen LogP contribution is -2.51. The minimum absolute atomic E-state index is 0.0574. The third kappa shape index (κ3) is 2.86. The number of anilines is 3. The second-order valence-corrected chi connectivity index (χ2v) is 7.29. The Morgan fingerprint density at radius 3 is 2.66 bits per heavy atom. The Hall–Kier alpha value is -3.61. The second kappa shape index (κ2) is 6.77. The molecule has 7 heteroatoms. The van der Waals surface area contributed by atoms with Gasteiger partial charge in [0.25, 0.3) is 0 Å². The van der Waals surface area contributed by atoms with E-state index in [0.29, 0.717) is 18.1 Å². The van der Waals surface area contributed by atoms with E-state index in [4.69, 9.17) is 10.5 Å². The number of fused-ring (bicyclic) bond motifs is 2. The molecule has 7 nitrogen and oxygen atoms in total. The maximum Gasteiger partial charge on any atom is 0.250 e. The van der Waals surface area contributed by atoms with E-state index >= 15 is 0 Å². The molecule has 2 aromatic carbocycles. The van der Waals surface area contributed by atoms with Crippen molar-refractivity contribution < 1.29 is 9.53 Å². The van der Waals surface area contributed by atoms with Gasteiger partial charge in [-0.15, -0.1) is 0 Å². The van der Waals surface area contributed by atoms with Gasteiger partial charge in [-0.3, -0.25) is 4.79 Å². The van der Waals surface area contributed by atoms with Gasteiger partial charge in [-0.25, -0.2) is 4.98 Å². The first-order valence-electron chi connectivity index (χ1n) is 9.57. The molecule has 2 saturated heterocycles. The van der Waals surface area contributed by atoms with E-state index in [1.54, 1.807) is 19.4 Å². The molecule has 3 aromatic rings. The molecule has 0 aliphatic carbocycles. The number of carbonyl (C=O) groups excluding carboxylic acids is 1. The van der Waals surface area contributed by atoms with Crippen LogP contribution in [0.1, 0.15) is 6.42 Å². The Balaban J connectivity index is 1.49. The van der Waals surface area contributed by atoms with Gasteiger partial charge < -0.3 is 20.3 Å². The normalized spacial score (nSPS) is 20.4. The Bertz CT molecular complexity index is 1070. The van der Waals surface area contributed by atoms with Gasteiger partial charge in [0.2, 0.25) is 11.9 Å². The van der Waals surface area contributed by atoms with Crippen LogP contribution in [0.4, 0.5) is 17.5 Å². The van der Waals surface area contributed by atoms with Crippen LogP contribution in [-0.4, -0.2) is 41.6 Å². The van der Waals surface area contributed by atoms with Crippen molar-refractivity contribution in [3.05, 3.63) is 60.8 Å². The van der Waals surface area contributed by atoms with Crippen molar-refractivity contribution in [3.8, 4) is 16.9 Å². The minimum atomic E-state index is -0.251. The van der Waals surface area contributed by atoms with Crippen molar-refractivity contribution in [2.45, 2.75) is 18.5 Å². The highest BCUT2D eigenvalue weighted by Gasteiger charge is 2.51. The number of piperazine rings is 1. The van der Waals surface area contributed by atoms with Crippen LogP contribution in [0.2, 0.25) is 0 Å². The van der Waals surface area contributed by atoms with E-state index in [9.17, 15) is 4.79 Å². The van der Waals surface area contributed by atoms with Crippen LogP contribution in [0.15, 0.2) is 60.8 Å². The zero-order valence-corrected chi connectivity index (χ0v) is 16.0. The molecule has 2 N–H and O–H groups in total. The number of nitrogens with zero attached hydrogens (tertiary/aromatic N) is 4. The summed E-state index contributed by atoms with van der Waals surface area (Å²) in [6.45, 7) is 0.700. The molecule has 2 atom stereocenters. The molecule has 0 saturated carbocycles. The molecule has 2 bridgehead atoms. The van der Waals surface area contributed by atoms with Crippen LogP contribution in [-0.2, 0) is 4.79 Å². The van der Waals surface area contributed by atoms with Crippen molar-refractivity contribution in [1.82, 2.24) is 9.97 Å². The van der Waals surface area contributed by atoms with Crippen molar-refractivity contribution in [3.63, 3.8) is 0 Å². The monoisotopic (exact) mass is 387 g/mol. The fraction of sp³-hybridized carbons (Fsp3) is 0.227. The van der Waals surface area contributed by atoms with Crippen LogP contribution in [0.3, 0.4) is 0 Å². The predicted octanol–water partition coefficient (Wildman–Crippen LogP) is 2.73. The number of methoxy groups -OCH3 is 1. The summed E-state index contributed by atoms with van der Waals surface area (Å²) in [5, 5.41) is 0. The van der Waals surface area contributed by atoms with Gasteiger partial charge in [0, 0.05) is 12.7 Å². The van der Waals surface area contributed by atoms with Crippen molar-refractivity contribution in [1.29, 1.82) is 0 Å². The van der Waals surface area contributed by atoms with Gasteiger partial charge in [0.05, 0.1) is 18.8 Å². The first kappa shape index (κ1) is 17.5. The van der Waals surface area contributed by atoms with Crippen molar-refractivity contribution in [2.75, 3.05) is 29.2 Å². The van der Waals surface area contributed by atoms with E-state index in [2.05, 4.69) is 22.1 Å². The molecule has 2 aliphatic heterocycles. The second-order valence-electron chi connectivity index (χ2n) is 7.29. The van der Waals surface area contributed by atoms with Crippen molar-refractivity contribution in [2.24, 2.45) is 0 Å². The summed E-state index contributed by atoms with van der Waals surface area (Å²) in [5.74, 6) is 1.67. The lowest BCUT2D eigenvalue weighted by atomic mass is 10.0. The van der Waals surface area contributed by atoms with E-state index in [-0.39, 0.29) is 23.9 Å². The molecule has 0 spiro atoms. The maximum absolute atomic E-state index is 13.3. The number of hydrogen-bond acceptors (Lipinski definition) is 6. The van der Waals surface area contributed by atoms with Gasteiger partial charge in [-0.1, -0.05) is 36.4 Å². The molecule has 146 valence electrons. The van der Waals surface area contributed by atoms with Crippen LogP contribution >= 0.6 is 0 Å². The van der Waals surface area contributed by atoms with Gasteiger partial charge in [-0.05, 0) is 35.7 Å². The largest absolute Gasteiger partial charge is 0.495 e. The summed E-state index contributed by atoms with van der Waals surface area (Å²) >= 11 is 0. The molecule has 0 radical (unpaired) electrons. The fourth-order valence-corrected chi connectivity index (χ4v) is 4.36. The third-order valence-corrected chi connectivity index (χ3v) is 5.67. The molecule has 1 aromatic heterocycles. The molecule has 5 rings (SSSR count).